The predicted octanol–water partition coefficient (Wildman–Crippen LogP) is 3.20. The number of nitrogens with zero attached hydrogens (tertiary/aromatic N) is 1. The molecule has 1 aromatic rings. The highest BCUT2D eigenvalue weighted by molar-refractivity contribution is 9.09. The zero-order chi connectivity index (χ0) is 11.4. The fourth-order valence-electron chi connectivity index (χ4n) is 1.10. The van der Waals surface area contributed by atoms with Crippen LogP contribution in [0.1, 0.15) is 17.3 Å². The van der Waals surface area contributed by atoms with Crippen LogP contribution in [0.3, 0.4) is 0 Å². The van der Waals surface area contributed by atoms with E-state index in [1.54, 1.807) is 36.2 Å². The summed E-state index contributed by atoms with van der Waals surface area (Å²) in [6.07, 6.45) is 0. The van der Waals surface area contributed by atoms with Crippen LogP contribution < -0.4 is 0 Å². The maximum absolute atomic E-state index is 11.9. The Labute approximate surface area is 103 Å². The quantitative estimate of drug-likeness (QED) is 0.783. The lowest BCUT2D eigenvalue weighted by molar-refractivity contribution is 0.0758. The number of amides is 1. The highest BCUT2D eigenvalue weighted by Gasteiger charge is 2.15. The Balaban J connectivity index is 2.80. The first kappa shape index (κ1) is 12.5. The largest absolute Gasteiger partial charge is 0.338 e. The smallest absolute Gasteiger partial charge is 0.253 e. The lowest BCUT2D eigenvalue weighted by Gasteiger charge is -2.23. The van der Waals surface area contributed by atoms with E-state index >= 15 is 0 Å². The van der Waals surface area contributed by atoms with Gasteiger partial charge in [-0.3, -0.25) is 4.79 Å². The molecule has 1 unspecified atom stereocenters. The van der Waals surface area contributed by atoms with Gasteiger partial charge in [-0.05, 0) is 31.2 Å². The van der Waals surface area contributed by atoms with Gasteiger partial charge < -0.3 is 4.90 Å². The van der Waals surface area contributed by atoms with E-state index in [1.807, 2.05) is 6.92 Å². The third-order valence-electron chi connectivity index (χ3n) is 2.30. The van der Waals surface area contributed by atoms with Crippen molar-refractivity contribution < 1.29 is 4.79 Å². The van der Waals surface area contributed by atoms with E-state index in [-0.39, 0.29) is 11.9 Å². The molecule has 0 fully saturated rings. The normalized spacial score (nSPS) is 12.3. The van der Waals surface area contributed by atoms with Crippen molar-refractivity contribution in [3.8, 4) is 0 Å². The predicted molar refractivity (Wildman–Crippen MR) is 66.8 cm³/mol. The second kappa shape index (κ2) is 5.52. The first-order valence-corrected chi connectivity index (χ1v) is 6.15. The summed E-state index contributed by atoms with van der Waals surface area (Å²) in [7, 11) is 1.79. The molecule has 1 aromatic carbocycles. The second-order valence-electron chi connectivity index (χ2n) is 3.43. The van der Waals surface area contributed by atoms with Crippen LogP contribution in [0.2, 0.25) is 5.02 Å². The summed E-state index contributed by atoms with van der Waals surface area (Å²) in [4.78, 5) is 13.6. The van der Waals surface area contributed by atoms with Crippen LogP contribution in [0, 0.1) is 0 Å². The molecular formula is C11H13BrClNO. The Kier molecular flexibility index (Phi) is 4.61. The summed E-state index contributed by atoms with van der Waals surface area (Å²) < 4.78 is 0. The van der Waals surface area contributed by atoms with Gasteiger partial charge in [0.15, 0.2) is 0 Å². The van der Waals surface area contributed by atoms with Crippen LogP contribution in [0.5, 0.6) is 0 Å². The van der Waals surface area contributed by atoms with Crippen molar-refractivity contribution in [1.29, 1.82) is 0 Å². The summed E-state index contributed by atoms with van der Waals surface area (Å²) >= 11 is 9.11. The number of hydrogen-bond acceptors (Lipinski definition) is 1. The van der Waals surface area contributed by atoms with Gasteiger partial charge in [-0.25, -0.2) is 0 Å². The number of hydrogen-bond donors (Lipinski definition) is 0. The second-order valence-corrected chi connectivity index (χ2v) is 4.51. The molecule has 0 N–H and O–H groups in total. The summed E-state index contributed by atoms with van der Waals surface area (Å²) in [5.41, 5.74) is 0.662. The number of carbonyl (C=O) groups is 1. The van der Waals surface area contributed by atoms with Gasteiger partial charge in [0.05, 0.1) is 0 Å². The maximum atomic E-state index is 11.9. The molecule has 0 radical (unpaired) electrons. The molecule has 1 atom stereocenters. The molecule has 2 nitrogen and oxygen atoms in total. The van der Waals surface area contributed by atoms with E-state index in [2.05, 4.69) is 15.9 Å². The molecule has 1 amide bonds. The highest BCUT2D eigenvalue weighted by Crippen LogP contribution is 2.12. The summed E-state index contributed by atoms with van der Waals surface area (Å²) in [6, 6.07) is 7.10. The molecule has 82 valence electrons. The summed E-state index contributed by atoms with van der Waals surface area (Å²) in [5.74, 6) is 0.0126. The van der Waals surface area contributed by atoms with Gasteiger partial charge in [-0.15, -0.1) is 0 Å². The molecular weight excluding hydrogens is 277 g/mol. The molecule has 0 spiro atoms. The van der Waals surface area contributed by atoms with Crippen molar-refractivity contribution >= 4 is 33.4 Å². The Morgan fingerprint density at radius 3 is 2.47 bits per heavy atom. The fraction of sp³-hybridized carbons (Fsp3) is 0.364. The molecule has 0 aliphatic rings. The first-order chi connectivity index (χ1) is 7.06. The molecule has 15 heavy (non-hydrogen) atoms. The Morgan fingerprint density at radius 1 is 1.47 bits per heavy atom. The third kappa shape index (κ3) is 3.21. The zero-order valence-corrected chi connectivity index (χ0v) is 11.0. The SMILES string of the molecule is CC(CBr)N(C)C(=O)c1ccc(Cl)cc1. The van der Waals surface area contributed by atoms with Crippen LogP contribution >= 0.6 is 27.5 Å². The molecule has 1 rings (SSSR count). The standard InChI is InChI=1S/C11H13BrClNO/c1-8(7-12)14(2)11(15)9-3-5-10(13)6-4-9/h3-6,8H,7H2,1-2H3. The number of carbonyl (C=O) groups excluding carboxylic acids is 1. The molecule has 0 aliphatic carbocycles. The van der Waals surface area contributed by atoms with E-state index in [1.165, 1.54) is 0 Å². The van der Waals surface area contributed by atoms with Crippen LogP contribution in [0.4, 0.5) is 0 Å². The van der Waals surface area contributed by atoms with Crippen molar-refractivity contribution in [1.82, 2.24) is 4.90 Å². The van der Waals surface area contributed by atoms with Crippen molar-refractivity contribution in [2.75, 3.05) is 12.4 Å². The average molecular weight is 291 g/mol. The van der Waals surface area contributed by atoms with Crippen molar-refractivity contribution in [3.05, 3.63) is 34.9 Å². The Morgan fingerprint density at radius 2 is 2.00 bits per heavy atom. The molecule has 0 bridgehead atoms. The van der Waals surface area contributed by atoms with Crippen LogP contribution in [0.15, 0.2) is 24.3 Å². The monoisotopic (exact) mass is 289 g/mol. The van der Waals surface area contributed by atoms with Crippen LogP contribution in [-0.4, -0.2) is 29.2 Å². The number of alkyl halides is 1. The van der Waals surface area contributed by atoms with Crippen molar-refractivity contribution in [2.45, 2.75) is 13.0 Å². The maximum Gasteiger partial charge on any atom is 0.253 e. The molecule has 4 heteroatoms. The third-order valence-corrected chi connectivity index (χ3v) is 3.49. The van der Waals surface area contributed by atoms with Gasteiger partial charge in [0.2, 0.25) is 0 Å². The first-order valence-electron chi connectivity index (χ1n) is 4.65. The molecule has 0 heterocycles. The van der Waals surface area contributed by atoms with Crippen molar-refractivity contribution in [2.24, 2.45) is 0 Å². The van der Waals surface area contributed by atoms with Crippen LogP contribution in [-0.2, 0) is 0 Å². The lowest BCUT2D eigenvalue weighted by atomic mass is 10.2. The topological polar surface area (TPSA) is 20.3 Å². The van der Waals surface area contributed by atoms with E-state index in [0.29, 0.717) is 10.6 Å². The van der Waals surface area contributed by atoms with E-state index in [4.69, 9.17) is 11.6 Å². The lowest BCUT2D eigenvalue weighted by Crippen LogP contribution is -2.35. The van der Waals surface area contributed by atoms with Gasteiger partial charge in [0.25, 0.3) is 5.91 Å². The van der Waals surface area contributed by atoms with Gasteiger partial charge in [0, 0.05) is 29.0 Å². The van der Waals surface area contributed by atoms with Gasteiger partial charge in [-0.1, -0.05) is 27.5 Å². The summed E-state index contributed by atoms with van der Waals surface area (Å²) in [5, 5.41) is 1.41. The molecule has 0 aliphatic heterocycles. The molecule has 0 saturated carbocycles. The Hall–Kier alpha value is -0.540. The average Bonchev–Trinajstić information content (AvgIpc) is 2.27. The van der Waals surface area contributed by atoms with Crippen molar-refractivity contribution in [3.63, 3.8) is 0 Å². The van der Waals surface area contributed by atoms with Crippen LogP contribution in [0.25, 0.3) is 0 Å². The number of halogens is 2. The minimum Gasteiger partial charge on any atom is -0.338 e. The highest BCUT2D eigenvalue weighted by atomic mass is 79.9. The van der Waals surface area contributed by atoms with E-state index in [0.717, 1.165) is 5.33 Å². The minimum atomic E-state index is 0.0126. The minimum absolute atomic E-state index is 0.0126. The Bertz CT molecular complexity index is 339. The fourth-order valence-corrected chi connectivity index (χ4v) is 1.66. The number of rotatable bonds is 3. The van der Waals surface area contributed by atoms with E-state index < -0.39 is 0 Å². The zero-order valence-electron chi connectivity index (χ0n) is 8.71. The van der Waals surface area contributed by atoms with Gasteiger partial charge >= 0.3 is 0 Å². The molecule has 0 aromatic heterocycles. The molecule has 0 saturated heterocycles. The number of benzene rings is 1. The van der Waals surface area contributed by atoms with E-state index in [9.17, 15) is 4.79 Å². The van der Waals surface area contributed by atoms with Gasteiger partial charge in [0.1, 0.15) is 0 Å². The summed E-state index contributed by atoms with van der Waals surface area (Å²) in [6.45, 7) is 1.99. The van der Waals surface area contributed by atoms with Gasteiger partial charge in [-0.2, -0.15) is 0 Å².